The molecule has 2 aromatic rings. The van der Waals surface area contributed by atoms with E-state index in [9.17, 15) is 26.4 Å². The second-order valence-corrected chi connectivity index (χ2v) is 6.94. The summed E-state index contributed by atoms with van der Waals surface area (Å²) in [5, 5.41) is 9.22. The van der Waals surface area contributed by atoms with E-state index in [1.54, 1.807) is 0 Å². The number of carbonyl (C=O) groups excluding carboxylic acids is 1. The van der Waals surface area contributed by atoms with Gasteiger partial charge in [-0.3, -0.25) is 10.1 Å². The predicted molar refractivity (Wildman–Crippen MR) is 77.8 cm³/mol. The van der Waals surface area contributed by atoms with Gasteiger partial charge >= 0.3 is 12.4 Å². The maximum atomic E-state index is 12.4. The van der Waals surface area contributed by atoms with E-state index in [2.05, 4.69) is 20.3 Å². The molecule has 0 spiro atoms. The molecule has 1 N–H and O–H groups in total. The second kappa shape index (κ2) is 6.70. The molecule has 0 saturated carbocycles. The molecule has 8 nitrogen and oxygen atoms in total. The Morgan fingerprint density at radius 2 is 2.00 bits per heavy atom. The maximum Gasteiger partial charge on any atom is 0.573 e. The van der Waals surface area contributed by atoms with Crippen molar-refractivity contribution in [3.63, 3.8) is 0 Å². The molecular formula is C13H12F3N3O5S. The number of hydrogen-bond donors (Lipinski definition) is 1. The van der Waals surface area contributed by atoms with E-state index in [-0.39, 0.29) is 17.5 Å². The van der Waals surface area contributed by atoms with Gasteiger partial charge < -0.3 is 9.15 Å². The molecule has 25 heavy (non-hydrogen) atoms. The van der Waals surface area contributed by atoms with Gasteiger partial charge in [-0.25, -0.2) is 8.42 Å². The van der Waals surface area contributed by atoms with Gasteiger partial charge in [0, 0.05) is 12.5 Å². The number of anilines is 1. The number of nitrogens with zero attached hydrogens (tertiary/aromatic N) is 2. The van der Waals surface area contributed by atoms with Gasteiger partial charge in [-0.15, -0.1) is 18.3 Å². The van der Waals surface area contributed by atoms with Crippen molar-refractivity contribution in [2.24, 2.45) is 0 Å². The number of carbonyl (C=O) groups is 1. The second-order valence-electron chi connectivity index (χ2n) is 4.69. The molecule has 0 bridgehead atoms. The monoisotopic (exact) mass is 379 g/mol. The summed E-state index contributed by atoms with van der Waals surface area (Å²) in [6.45, 7) is 2.73. The summed E-state index contributed by atoms with van der Waals surface area (Å²) in [5.41, 5.74) is -0.225. The smallest absolute Gasteiger partial charge is 0.408 e. The van der Waals surface area contributed by atoms with E-state index >= 15 is 0 Å². The zero-order valence-electron chi connectivity index (χ0n) is 12.9. The number of ether oxygens (including phenoxy) is 1. The van der Waals surface area contributed by atoms with E-state index < -0.39 is 38.5 Å². The van der Waals surface area contributed by atoms with Crippen molar-refractivity contribution in [3.8, 4) is 5.75 Å². The molecule has 0 unspecified atom stereocenters. The lowest BCUT2D eigenvalue weighted by Crippen LogP contribution is -2.20. The van der Waals surface area contributed by atoms with Crippen LogP contribution in [0.5, 0.6) is 5.75 Å². The largest absolute Gasteiger partial charge is 0.573 e. The minimum Gasteiger partial charge on any atom is -0.408 e. The highest BCUT2D eigenvalue weighted by Gasteiger charge is 2.34. The van der Waals surface area contributed by atoms with Crippen LogP contribution in [0.25, 0.3) is 0 Å². The van der Waals surface area contributed by atoms with Crippen LogP contribution in [-0.4, -0.2) is 36.6 Å². The molecule has 0 aliphatic rings. The first kappa shape index (κ1) is 18.7. The number of hydrogen-bond acceptors (Lipinski definition) is 7. The highest BCUT2D eigenvalue weighted by Crippen LogP contribution is 2.31. The van der Waals surface area contributed by atoms with E-state index in [4.69, 9.17) is 4.42 Å². The quantitative estimate of drug-likeness (QED) is 0.848. The molecule has 2 rings (SSSR count). The molecule has 0 aliphatic heterocycles. The molecule has 1 aromatic heterocycles. The third-order valence-corrected chi connectivity index (χ3v) is 4.64. The van der Waals surface area contributed by atoms with Crippen LogP contribution < -0.4 is 10.1 Å². The zero-order chi connectivity index (χ0) is 18.8. The number of halogens is 3. The zero-order valence-corrected chi connectivity index (χ0v) is 13.7. The van der Waals surface area contributed by atoms with Crippen LogP contribution in [0.15, 0.2) is 27.5 Å². The van der Waals surface area contributed by atoms with Crippen LogP contribution in [-0.2, 0) is 9.84 Å². The highest BCUT2D eigenvalue weighted by atomic mass is 32.2. The molecule has 12 heteroatoms. The van der Waals surface area contributed by atoms with Crippen LogP contribution in [0.1, 0.15) is 23.2 Å². The Labute approximate surface area is 139 Å². The summed E-state index contributed by atoms with van der Waals surface area (Å²) in [5.74, 6) is -2.05. The Hall–Kier alpha value is -2.63. The number of sulfone groups is 1. The molecule has 136 valence electrons. The number of nitrogens with one attached hydrogen (secondary N) is 1. The first-order valence-electron chi connectivity index (χ1n) is 6.76. The van der Waals surface area contributed by atoms with Crippen molar-refractivity contribution >= 4 is 21.8 Å². The summed E-state index contributed by atoms with van der Waals surface area (Å²) in [6.07, 6.45) is -5.08. The lowest BCUT2D eigenvalue weighted by molar-refractivity contribution is -0.275. The van der Waals surface area contributed by atoms with Crippen molar-refractivity contribution in [2.75, 3.05) is 11.1 Å². The lowest BCUT2D eigenvalue weighted by atomic mass is 10.2. The number of aryl methyl sites for hydroxylation is 1. The Kier molecular flexibility index (Phi) is 5.02. The van der Waals surface area contributed by atoms with E-state index in [0.717, 1.165) is 18.2 Å². The van der Waals surface area contributed by atoms with Crippen molar-refractivity contribution in [1.29, 1.82) is 0 Å². The summed E-state index contributed by atoms with van der Waals surface area (Å²) in [4.78, 5) is 11.3. The fraction of sp³-hybridized carbons (Fsp3) is 0.308. The Bertz CT molecular complexity index is 893. The fourth-order valence-electron chi connectivity index (χ4n) is 1.77. The first-order chi connectivity index (χ1) is 11.5. The van der Waals surface area contributed by atoms with Crippen LogP contribution in [0.3, 0.4) is 0 Å². The van der Waals surface area contributed by atoms with Crippen molar-refractivity contribution < 1.29 is 35.5 Å². The summed E-state index contributed by atoms with van der Waals surface area (Å²) < 4.78 is 70.0. The van der Waals surface area contributed by atoms with E-state index in [1.165, 1.54) is 13.8 Å². The average Bonchev–Trinajstić information content (AvgIpc) is 2.91. The first-order valence-corrected chi connectivity index (χ1v) is 8.41. The van der Waals surface area contributed by atoms with Crippen molar-refractivity contribution in [1.82, 2.24) is 10.2 Å². The molecule has 0 fully saturated rings. The lowest BCUT2D eigenvalue weighted by Gasteiger charge is -2.14. The maximum absolute atomic E-state index is 12.4. The molecular weight excluding hydrogens is 367 g/mol. The van der Waals surface area contributed by atoms with Gasteiger partial charge in [0.1, 0.15) is 10.6 Å². The van der Waals surface area contributed by atoms with Crippen molar-refractivity contribution in [2.45, 2.75) is 25.1 Å². The molecule has 0 aliphatic carbocycles. The third-order valence-electron chi connectivity index (χ3n) is 2.89. The predicted octanol–water partition coefficient (Wildman–Crippen LogP) is 2.32. The van der Waals surface area contributed by atoms with Crippen LogP contribution in [0.2, 0.25) is 0 Å². The van der Waals surface area contributed by atoms with Crippen LogP contribution in [0, 0.1) is 6.92 Å². The van der Waals surface area contributed by atoms with Crippen LogP contribution in [0.4, 0.5) is 19.2 Å². The normalized spacial score (nSPS) is 12.0. The molecule has 0 saturated heterocycles. The molecule has 1 aromatic carbocycles. The van der Waals surface area contributed by atoms with Gasteiger partial charge in [0.15, 0.2) is 9.84 Å². The minimum absolute atomic E-state index is 0.179. The van der Waals surface area contributed by atoms with Gasteiger partial charge in [0.05, 0.1) is 5.75 Å². The summed E-state index contributed by atoms with van der Waals surface area (Å²) in [6, 6.07) is 2.29. The summed E-state index contributed by atoms with van der Waals surface area (Å²) >= 11 is 0. The number of benzene rings is 1. The molecule has 1 heterocycles. The van der Waals surface area contributed by atoms with Crippen molar-refractivity contribution in [3.05, 3.63) is 29.7 Å². The average molecular weight is 379 g/mol. The summed E-state index contributed by atoms with van der Waals surface area (Å²) in [7, 11) is -4.08. The van der Waals surface area contributed by atoms with Gasteiger partial charge in [-0.1, -0.05) is 12.0 Å². The van der Waals surface area contributed by atoms with Crippen LogP contribution >= 0.6 is 0 Å². The minimum atomic E-state index is -5.08. The SMILES string of the molecule is CCS(=O)(=O)c1cc(C(=O)Nc2nnc(C)o2)ccc1OC(F)(F)F. The Balaban J connectivity index is 2.40. The molecule has 1 amide bonds. The highest BCUT2D eigenvalue weighted by molar-refractivity contribution is 7.91. The number of amides is 1. The Morgan fingerprint density at radius 1 is 1.32 bits per heavy atom. The topological polar surface area (TPSA) is 111 Å². The van der Waals surface area contributed by atoms with Gasteiger partial charge in [0.25, 0.3) is 5.91 Å². The number of aromatic nitrogens is 2. The standard InChI is InChI=1S/C13H12F3N3O5S/c1-3-25(21,22)10-6-8(4-5-9(10)24-13(14,15)16)11(20)17-12-19-18-7(2)23-12/h4-6H,3H2,1-2H3,(H,17,19,20). The third kappa shape index (κ3) is 4.68. The van der Waals surface area contributed by atoms with Gasteiger partial charge in [0.2, 0.25) is 5.89 Å². The number of alkyl halides is 3. The van der Waals surface area contributed by atoms with E-state index in [1.807, 2.05) is 0 Å². The molecule has 0 radical (unpaired) electrons. The van der Waals surface area contributed by atoms with Gasteiger partial charge in [-0.2, -0.15) is 0 Å². The fourth-order valence-corrected chi connectivity index (χ4v) is 2.81. The number of rotatable bonds is 5. The Morgan fingerprint density at radius 3 is 2.52 bits per heavy atom. The molecule has 0 atom stereocenters. The van der Waals surface area contributed by atoms with Gasteiger partial charge in [-0.05, 0) is 18.2 Å². The van der Waals surface area contributed by atoms with E-state index in [0.29, 0.717) is 0 Å².